The molecule has 6 heteroatoms. The van der Waals surface area contributed by atoms with Crippen LogP contribution in [0.4, 0.5) is 0 Å². The Morgan fingerprint density at radius 2 is 1.83 bits per heavy atom. The van der Waals surface area contributed by atoms with Gasteiger partial charge in [-0.3, -0.25) is 4.79 Å². The third kappa shape index (κ3) is 4.00. The molecule has 1 aliphatic rings. The Morgan fingerprint density at radius 3 is 2.55 bits per heavy atom. The predicted octanol–water partition coefficient (Wildman–Crippen LogP) is 5.35. The molecule has 1 heterocycles. The van der Waals surface area contributed by atoms with Crippen molar-refractivity contribution in [2.45, 2.75) is 12.8 Å². The number of rotatable bonds is 2. The summed E-state index contributed by atoms with van der Waals surface area (Å²) in [5.74, 6) is 6.71. The number of aromatic hydroxyl groups is 1. The molecular formula is C23H14Cl2N2O2. The molecule has 1 aliphatic carbocycles. The molecule has 0 amide bonds. The zero-order chi connectivity index (χ0) is 20.5. The first-order valence-electron chi connectivity index (χ1n) is 8.94. The first-order chi connectivity index (χ1) is 14.0. The molecule has 142 valence electrons. The number of hydrogen-bond acceptors (Lipinski definition) is 3. The highest BCUT2D eigenvalue weighted by atomic mass is 35.5. The van der Waals surface area contributed by atoms with Crippen molar-refractivity contribution in [3.8, 4) is 46.0 Å². The van der Waals surface area contributed by atoms with Gasteiger partial charge in [0.15, 0.2) is 0 Å². The van der Waals surface area contributed by atoms with Crippen molar-refractivity contribution in [3.63, 3.8) is 0 Å². The van der Waals surface area contributed by atoms with Crippen LogP contribution in [-0.4, -0.2) is 10.1 Å². The summed E-state index contributed by atoms with van der Waals surface area (Å²) in [6.45, 7) is 0. The Bertz CT molecular complexity index is 1290. The molecular weight excluding hydrogens is 407 g/mol. The van der Waals surface area contributed by atoms with Crippen molar-refractivity contribution in [2.24, 2.45) is 5.92 Å². The number of aromatic amines is 1. The average Bonchev–Trinajstić information content (AvgIpc) is 3.53. The summed E-state index contributed by atoms with van der Waals surface area (Å²) in [4.78, 5) is 15.3. The molecule has 0 unspecified atom stereocenters. The Hall–Kier alpha value is -3.18. The van der Waals surface area contributed by atoms with Crippen LogP contribution in [0.15, 0.2) is 47.3 Å². The van der Waals surface area contributed by atoms with Crippen molar-refractivity contribution in [2.75, 3.05) is 0 Å². The van der Waals surface area contributed by atoms with Gasteiger partial charge in [0.05, 0.1) is 5.69 Å². The molecule has 1 saturated carbocycles. The van der Waals surface area contributed by atoms with Crippen LogP contribution in [0.1, 0.15) is 24.0 Å². The van der Waals surface area contributed by atoms with Crippen LogP contribution < -0.4 is 5.56 Å². The van der Waals surface area contributed by atoms with Crippen LogP contribution in [0.3, 0.4) is 0 Å². The van der Waals surface area contributed by atoms with E-state index >= 15 is 0 Å². The average molecular weight is 421 g/mol. The summed E-state index contributed by atoms with van der Waals surface area (Å²) < 4.78 is 0. The molecule has 1 aromatic heterocycles. The molecule has 0 bridgehead atoms. The van der Waals surface area contributed by atoms with Crippen LogP contribution in [0.2, 0.25) is 10.0 Å². The van der Waals surface area contributed by atoms with E-state index in [4.69, 9.17) is 23.2 Å². The maximum absolute atomic E-state index is 12.6. The third-order valence-corrected chi connectivity index (χ3v) is 5.21. The van der Waals surface area contributed by atoms with Crippen LogP contribution in [-0.2, 0) is 0 Å². The molecule has 3 aromatic rings. The van der Waals surface area contributed by atoms with E-state index in [0.717, 1.165) is 18.4 Å². The number of aromatic nitrogens is 1. The van der Waals surface area contributed by atoms with Gasteiger partial charge >= 0.3 is 0 Å². The molecule has 0 atom stereocenters. The number of nitriles is 1. The van der Waals surface area contributed by atoms with Crippen molar-refractivity contribution in [1.29, 1.82) is 5.26 Å². The highest BCUT2D eigenvalue weighted by molar-refractivity contribution is 6.35. The number of H-pyrrole nitrogens is 1. The predicted molar refractivity (Wildman–Crippen MR) is 114 cm³/mol. The second-order valence-electron chi connectivity index (χ2n) is 6.81. The van der Waals surface area contributed by atoms with Crippen LogP contribution in [0.5, 0.6) is 5.75 Å². The van der Waals surface area contributed by atoms with E-state index in [0.29, 0.717) is 38.3 Å². The molecule has 0 aliphatic heterocycles. The van der Waals surface area contributed by atoms with Gasteiger partial charge in [0.25, 0.3) is 5.56 Å². The van der Waals surface area contributed by atoms with Gasteiger partial charge in [0, 0.05) is 38.2 Å². The lowest BCUT2D eigenvalue weighted by molar-refractivity contribution is 0.477. The highest BCUT2D eigenvalue weighted by Crippen LogP contribution is 2.35. The second-order valence-corrected chi connectivity index (χ2v) is 7.66. The normalized spacial score (nSPS) is 12.7. The fourth-order valence-electron chi connectivity index (χ4n) is 2.97. The molecule has 29 heavy (non-hydrogen) atoms. The molecule has 4 rings (SSSR count). The van der Waals surface area contributed by atoms with Crippen molar-refractivity contribution in [1.82, 2.24) is 4.98 Å². The van der Waals surface area contributed by atoms with Crippen molar-refractivity contribution >= 4 is 23.2 Å². The van der Waals surface area contributed by atoms with E-state index in [9.17, 15) is 15.2 Å². The number of phenols is 1. The Kier molecular flexibility index (Phi) is 5.07. The number of nitrogens with one attached hydrogen (secondary N) is 1. The summed E-state index contributed by atoms with van der Waals surface area (Å²) in [6, 6.07) is 13.3. The van der Waals surface area contributed by atoms with Crippen LogP contribution >= 0.6 is 23.2 Å². The van der Waals surface area contributed by atoms with Gasteiger partial charge in [-0.1, -0.05) is 35.0 Å². The van der Waals surface area contributed by atoms with Gasteiger partial charge in [0.1, 0.15) is 17.4 Å². The maximum Gasteiger partial charge on any atom is 0.266 e. The Balaban J connectivity index is 1.90. The summed E-state index contributed by atoms with van der Waals surface area (Å²) in [7, 11) is 0. The van der Waals surface area contributed by atoms with Crippen LogP contribution in [0.25, 0.3) is 22.4 Å². The largest absolute Gasteiger partial charge is 0.507 e. The minimum Gasteiger partial charge on any atom is -0.507 e. The Labute approximate surface area is 177 Å². The van der Waals surface area contributed by atoms with Crippen LogP contribution in [0, 0.1) is 29.1 Å². The standard InChI is InChI=1S/C23H14Cl2N2O2/c24-15-6-7-20(25)17(10-15)16-11-21(27-23(29)19(16)12-26)18-9-14(5-8-22(18)28)4-3-13-1-2-13/h5-11,13,28H,1-2H2,(H,27,29). The fourth-order valence-corrected chi connectivity index (χ4v) is 3.37. The maximum atomic E-state index is 12.6. The summed E-state index contributed by atoms with van der Waals surface area (Å²) >= 11 is 12.4. The lowest BCUT2D eigenvalue weighted by atomic mass is 9.98. The van der Waals surface area contributed by atoms with Gasteiger partial charge in [-0.2, -0.15) is 5.26 Å². The number of halogens is 2. The number of nitrogens with zero attached hydrogens (tertiary/aromatic N) is 1. The van der Waals surface area contributed by atoms with Crippen molar-refractivity contribution in [3.05, 3.63) is 74.0 Å². The van der Waals surface area contributed by atoms with E-state index < -0.39 is 5.56 Å². The van der Waals surface area contributed by atoms with Gasteiger partial charge in [0.2, 0.25) is 0 Å². The molecule has 0 radical (unpaired) electrons. The number of benzene rings is 2. The van der Waals surface area contributed by atoms with E-state index in [-0.39, 0.29) is 11.3 Å². The summed E-state index contributed by atoms with van der Waals surface area (Å²) in [5.41, 5.74) is 1.64. The first-order valence-corrected chi connectivity index (χ1v) is 9.69. The first kappa shape index (κ1) is 19.2. The number of pyridine rings is 1. The Morgan fingerprint density at radius 1 is 1.03 bits per heavy atom. The number of hydrogen-bond donors (Lipinski definition) is 2. The van der Waals surface area contributed by atoms with E-state index in [2.05, 4.69) is 16.8 Å². The van der Waals surface area contributed by atoms with Gasteiger partial charge < -0.3 is 10.1 Å². The van der Waals surface area contributed by atoms with E-state index in [1.165, 1.54) is 6.07 Å². The summed E-state index contributed by atoms with van der Waals surface area (Å²) in [6.07, 6.45) is 2.23. The number of phenolic OH excluding ortho intramolecular Hbond substituents is 1. The van der Waals surface area contributed by atoms with E-state index in [1.54, 1.807) is 36.4 Å². The zero-order valence-electron chi connectivity index (χ0n) is 15.1. The minimum absolute atomic E-state index is 0.00882. The smallest absolute Gasteiger partial charge is 0.266 e. The topological polar surface area (TPSA) is 76.9 Å². The monoisotopic (exact) mass is 420 g/mol. The third-order valence-electron chi connectivity index (χ3n) is 4.65. The molecule has 2 aromatic carbocycles. The second kappa shape index (κ2) is 7.68. The molecule has 0 spiro atoms. The summed E-state index contributed by atoms with van der Waals surface area (Å²) in [5, 5.41) is 20.7. The highest BCUT2D eigenvalue weighted by Gasteiger charge is 2.18. The lowest BCUT2D eigenvalue weighted by Gasteiger charge is -2.11. The van der Waals surface area contributed by atoms with Gasteiger partial charge in [-0.05, 0) is 55.3 Å². The van der Waals surface area contributed by atoms with Crippen molar-refractivity contribution < 1.29 is 5.11 Å². The van der Waals surface area contributed by atoms with E-state index in [1.807, 2.05) is 6.07 Å². The minimum atomic E-state index is -0.579. The lowest BCUT2D eigenvalue weighted by Crippen LogP contribution is -2.13. The zero-order valence-corrected chi connectivity index (χ0v) is 16.6. The van der Waals surface area contributed by atoms with Gasteiger partial charge in [-0.15, -0.1) is 0 Å². The molecule has 0 saturated heterocycles. The fraction of sp³-hybridized carbons (Fsp3) is 0.130. The van der Waals surface area contributed by atoms with Gasteiger partial charge in [-0.25, -0.2) is 0 Å². The SMILES string of the molecule is N#Cc1c(-c2cc(Cl)ccc2Cl)cc(-c2cc(C#CC3CC3)ccc2O)[nH]c1=O. The quantitative estimate of drug-likeness (QED) is 0.548. The molecule has 1 fully saturated rings. The molecule has 4 nitrogen and oxygen atoms in total. The molecule has 2 N–H and O–H groups in total.